The molecule has 2 amide bonds. The van der Waals surface area contributed by atoms with E-state index < -0.39 is 5.97 Å². The minimum Gasteiger partial charge on any atom is -0.481 e. The number of carbonyl (C=O) groups is 2. The molecule has 110 valence electrons. The van der Waals surface area contributed by atoms with Crippen LogP contribution in [-0.4, -0.2) is 52.6 Å². The monoisotopic (exact) mass is 288 g/mol. The molecule has 1 fully saturated rings. The molecule has 0 aromatic rings. The highest BCUT2D eigenvalue weighted by molar-refractivity contribution is 7.99. The van der Waals surface area contributed by atoms with Crippen LogP contribution >= 0.6 is 11.8 Å². The van der Waals surface area contributed by atoms with Crippen LogP contribution in [0, 0.1) is 5.92 Å². The van der Waals surface area contributed by atoms with Gasteiger partial charge in [0.05, 0.1) is 0 Å². The number of urea groups is 1. The van der Waals surface area contributed by atoms with Gasteiger partial charge in [-0.3, -0.25) is 4.79 Å². The minimum absolute atomic E-state index is 0.0720. The Morgan fingerprint density at radius 3 is 2.74 bits per heavy atom. The predicted octanol–water partition coefficient (Wildman–Crippen LogP) is 2.02. The molecule has 0 aromatic carbocycles. The summed E-state index contributed by atoms with van der Waals surface area (Å²) in [6, 6.07) is 0.0176. The van der Waals surface area contributed by atoms with Gasteiger partial charge in [0.1, 0.15) is 0 Å². The van der Waals surface area contributed by atoms with Gasteiger partial charge in [-0.05, 0) is 44.1 Å². The number of hydrogen-bond donors (Lipinski definition) is 2. The van der Waals surface area contributed by atoms with Crippen molar-refractivity contribution in [2.24, 2.45) is 5.92 Å². The topological polar surface area (TPSA) is 69.6 Å². The number of carbonyl (C=O) groups excluding carboxylic acids is 1. The summed E-state index contributed by atoms with van der Waals surface area (Å²) in [5.41, 5.74) is 0. The third-order valence-electron chi connectivity index (χ3n) is 3.24. The molecule has 2 N–H and O–H groups in total. The van der Waals surface area contributed by atoms with Crippen molar-refractivity contribution >= 4 is 23.8 Å². The molecule has 1 unspecified atom stereocenters. The zero-order valence-electron chi connectivity index (χ0n) is 11.7. The van der Waals surface area contributed by atoms with Crippen molar-refractivity contribution in [3.63, 3.8) is 0 Å². The van der Waals surface area contributed by atoms with Crippen LogP contribution < -0.4 is 5.32 Å². The number of aliphatic carboxylic acids is 1. The van der Waals surface area contributed by atoms with Crippen molar-refractivity contribution in [1.29, 1.82) is 0 Å². The van der Waals surface area contributed by atoms with Gasteiger partial charge >= 0.3 is 12.0 Å². The molecule has 0 aliphatic carbocycles. The average Bonchev–Trinajstić information content (AvgIpc) is 2.84. The molecule has 0 bridgehead atoms. The Labute approximate surface area is 119 Å². The lowest BCUT2D eigenvalue weighted by atomic mass is 10.1. The molecule has 1 saturated heterocycles. The van der Waals surface area contributed by atoms with E-state index in [2.05, 4.69) is 5.32 Å². The van der Waals surface area contributed by atoms with E-state index in [4.69, 9.17) is 5.11 Å². The molecule has 5 nitrogen and oxygen atoms in total. The van der Waals surface area contributed by atoms with E-state index >= 15 is 0 Å². The summed E-state index contributed by atoms with van der Waals surface area (Å²) in [7, 11) is 0. The van der Waals surface area contributed by atoms with Crippen molar-refractivity contribution in [3.8, 4) is 0 Å². The van der Waals surface area contributed by atoms with E-state index in [1.807, 2.05) is 25.6 Å². The number of hydrogen-bond acceptors (Lipinski definition) is 3. The van der Waals surface area contributed by atoms with Gasteiger partial charge in [-0.2, -0.15) is 11.8 Å². The van der Waals surface area contributed by atoms with Crippen LogP contribution in [0.2, 0.25) is 0 Å². The second kappa shape index (κ2) is 8.30. The van der Waals surface area contributed by atoms with E-state index in [0.717, 1.165) is 12.3 Å². The van der Waals surface area contributed by atoms with E-state index in [-0.39, 0.29) is 18.5 Å². The first kappa shape index (κ1) is 16.1. The standard InChI is InChI=1S/C13H24N2O3S/c1-10(2)15(6-3-4-12(16)17)13(18)14-8-11-5-7-19-9-11/h10-11H,3-9H2,1-2H3,(H,14,18)(H,16,17). The second-order valence-electron chi connectivity index (χ2n) is 5.20. The zero-order chi connectivity index (χ0) is 14.3. The summed E-state index contributed by atoms with van der Waals surface area (Å²) in [5.74, 6) is 2.09. The maximum Gasteiger partial charge on any atom is 0.317 e. The van der Waals surface area contributed by atoms with Gasteiger partial charge in [-0.1, -0.05) is 0 Å². The summed E-state index contributed by atoms with van der Waals surface area (Å²) >= 11 is 1.94. The normalized spacial score (nSPS) is 18.6. The molecule has 1 rings (SSSR count). The quantitative estimate of drug-likeness (QED) is 0.752. The lowest BCUT2D eigenvalue weighted by Crippen LogP contribution is -2.45. The van der Waals surface area contributed by atoms with Gasteiger partial charge in [0.25, 0.3) is 0 Å². The number of carboxylic acid groups (broad SMARTS) is 1. The molecular weight excluding hydrogens is 264 g/mol. The summed E-state index contributed by atoms with van der Waals surface area (Å²) in [5, 5.41) is 11.6. The molecule has 1 atom stereocenters. The number of rotatable bonds is 7. The fourth-order valence-electron chi connectivity index (χ4n) is 2.07. The Morgan fingerprint density at radius 1 is 1.47 bits per heavy atom. The van der Waals surface area contributed by atoms with Gasteiger partial charge in [-0.25, -0.2) is 4.79 Å². The Kier molecular flexibility index (Phi) is 7.05. The lowest BCUT2D eigenvalue weighted by Gasteiger charge is -2.27. The average molecular weight is 288 g/mol. The van der Waals surface area contributed by atoms with Gasteiger partial charge in [-0.15, -0.1) is 0 Å². The van der Waals surface area contributed by atoms with Crippen LogP contribution in [0.5, 0.6) is 0 Å². The molecule has 0 radical (unpaired) electrons. The third kappa shape index (κ3) is 6.18. The van der Waals surface area contributed by atoms with Crippen LogP contribution in [0.4, 0.5) is 4.79 Å². The predicted molar refractivity (Wildman–Crippen MR) is 77.5 cm³/mol. The van der Waals surface area contributed by atoms with Gasteiger partial charge in [0.15, 0.2) is 0 Å². The van der Waals surface area contributed by atoms with Crippen molar-refractivity contribution in [1.82, 2.24) is 10.2 Å². The third-order valence-corrected chi connectivity index (χ3v) is 4.47. The number of amides is 2. The SMILES string of the molecule is CC(C)N(CCCC(=O)O)C(=O)NCC1CCSC1. The first-order valence-corrected chi connectivity index (χ1v) is 8.00. The fraction of sp³-hybridized carbons (Fsp3) is 0.846. The summed E-state index contributed by atoms with van der Waals surface area (Å²) < 4.78 is 0. The number of carboxylic acids is 1. The molecule has 1 aliphatic heterocycles. The highest BCUT2D eigenvalue weighted by Gasteiger charge is 2.20. The van der Waals surface area contributed by atoms with Crippen LogP contribution in [0.15, 0.2) is 0 Å². The largest absolute Gasteiger partial charge is 0.481 e. The highest BCUT2D eigenvalue weighted by atomic mass is 32.2. The van der Waals surface area contributed by atoms with Gasteiger partial charge in [0.2, 0.25) is 0 Å². The van der Waals surface area contributed by atoms with Crippen LogP contribution in [0.3, 0.4) is 0 Å². The lowest BCUT2D eigenvalue weighted by molar-refractivity contribution is -0.137. The van der Waals surface area contributed by atoms with Crippen LogP contribution in [-0.2, 0) is 4.79 Å². The Balaban J connectivity index is 2.32. The molecule has 1 aliphatic rings. The van der Waals surface area contributed by atoms with Gasteiger partial charge < -0.3 is 15.3 Å². The molecule has 0 spiro atoms. The Bertz CT molecular complexity index is 304. The Hall–Kier alpha value is -0.910. The molecule has 0 saturated carbocycles. The van der Waals surface area contributed by atoms with Crippen molar-refractivity contribution < 1.29 is 14.7 Å². The van der Waals surface area contributed by atoms with Gasteiger partial charge in [0, 0.05) is 25.6 Å². The van der Waals surface area contributed by atoms with E-state index in [1.165, 1.54) is 12.2 Å². The number of nitrogens with one attached hydrogen (secondary N) is 1. The Morgan fingerprint density at radius 2 is 2.21 bits per heavy atom. The molecule has 1 heterocycles. The molecular formula is C13H24N2O3S. The highest BCUT2D eigenvalue weighted by Crippen LogP contribution is 2.22. The van der Waals surface area contributed by atoms with Crippen molar-refractivity contribution in [3.05, 3.63) is 0 Å². The first-order chi connectivity index (χ1) is 9.00. The number of thioether (sulfide) groups is 1. The van der Waals surface area contributed by atoms with Crippen molar-refractivity contribution in [2.75, 3.05) is 24.6 Å². The van der Waals surface area contributed by atoms with E-state index in [9.17, 15) is 9.59 Å². The molecule has 19 heavy (non-hydrogen) atoms. The summed E-state index contributed by atoms with van der Waals surface area (Å²) in [6.45, 7) is 5.13. The minimum atomic E-state index is -0.813. The van der Waals surface area contributed by atoms with Crippen LogP contribution in [0.1, 0.15) is 33.1 Å². The second-order valence-corrected chi connectivity index (χ2v) is 6.35. The molecule has 6 heteroatoms. The number of nitrogens with zero attached hydrogens (tertiary/aromatic N) is 1. The summed E-state index contributed by atoms with van der Waals surface area (Å²) in [4.78, 5) is 24.3. The smallest absolute Gasteiger partial charge is 0.317 e. The molecule has 0 aromatic heterocycles. The maximum absolute atomic E-state index is 12.1. The van der Waals surface area contributed by atoms with E-state index in [1.54, 1.807) is 4.90 Å². The van der Waals surface area contributed by atoms with Crippen LogP contribution in [0.25, 0.3) is 0 Å². The fourth-order valence-corrected chi connectivity index (χ4v) is 3.36. The summed E-state index contributed by atoms with van der Waals surface area (Å²) in [6.07, 6.45) is 1.78. The maximum atomic E-state index is 12.1. The van der Waals surface area contributed by atoms with Crippen molar-refractivity contribution in [2.45, 2.75) is 39.2 Å². The zero-order valence-corrected chi connectivity index (χ0v) is 12.5. The first-order valence-electron chi connectivity index (χ1n) is 6.84. The van der Waals surface area contributed by atoms with E-state index in [0.29, 0.717) is 18.9 Å².